The smallest absolute Gasteiger partial charge is 0.331 e. The first-order chi connectivity index (χ1) is 15.4. The highest BCUT2D eigenvalue weighted by atomic mass is 32.2. The maximum atomic E-state index is 12.6. The molecule has 2 aromatic carbocycles. The zero-order valence-corrected chi connectivity index (χ0v) is 18.4. The molecule has 0 aromatic heterocycles. The van der Waals surface area contributed by atoms with Crippen LogP contribution in [0, 0.1) is 0 Å². The van der Waals surface area contributed by atoms with Crippen LogP contribution in [0.3, 0.4) is 0 Å². The van der Waals surface area contributed by atoms with Crippen LogP contribution in [0.1, 0.15) is 11.1 Å². The normalized spacial score (nSPS) is 14.9. The van der Waals surface area contributed by atoms with Crippen LogP contribution in [0.2, 0.25) is 0 Å². The van der Waals surface area contributed by atoms with Crippen LogP contribution < -0.4 is 5.32 Å². The van der Waals surface area contributed by atoms with Gasteiger partial charge >= 0.3 is 5.97 Å². The van der Waals surface area contributed by atoms with Crippen LogP contribution in [-0.2, 0) is 35.5 Å². The van der Waals surface area contributed by atoms with Gasteiger partial charge in [-0.1, -0.05) is 42.5 Å². The summed E-state index contributed by atoms with van der Waals surface area (Å²) < 4.78 is 36.7. The number of nitrogens with zero attached hydrogens (tertiary/aromatic N) is 1. The maximum absolute atomic E-state index is 12.6. The quantitative estimate of drug-likeness (QED) is 0.453. The Morgan fingerprint density at radius 2 is 1.72 bits per heavy atom. The highest BCUT2D eigenvalue weighted by molar-refractivity contribution is 7.89. The number of hydrogen-bond acceptors (Lipinski definition) is 6. The van der Waals surface area contributed by atoms with Gasteiger partial charge in [0.2, 0.25) is 10.0 Å². The van der Waals surface area contributed by atoms with E-state index in [0.717, 1.165) is 5.56 Å². The number of hydrogen-bond donors (Lipinski definition) is 1. The van der Waals surface area contributed by atoms with Gasteiger partial charge in [0.25, 0.3) is 5.91 Å². The van der Waals surface area contributed by atoms with E-state index in [2.05, 4.69) is 5.32 Å². The second-order valence-corrected chi connectivity index (χ2v) is 9.05. The highest BCUT2D eigenvalue weighted by Crippen LogP contribution is 2.18. The molecule has 0 aliphatic carbocycles. The number of sulfonamides is 1. The van der Waals surface area contributed by atoms with E-state index >= 15 is 0 Å². The van der Waals surface area contributed by atoms with Crippen LogP contribution in [0.5, 0.6) is 0 Å². The molecule has 0 unspecified atom stereocenters. The molecule has 0 radical (unpaired) electrons. The van der Waals surface area contributed by atoms with E-state index in [1.165, 1.54) is 28.6 Å². The fourth-order valence-electron chi connectivity index (χ4n) is 3.08. The molecule has 0 atom stereocenters. The third-order valence-electron chi connectivity index (χ3n) is 4.82. The molecule has 1 fully saturated rings. The largest absolute Gasteiger partial charge is 0.452 e. The predicted octanol–water partition coefficient (Wildman–Crippen LogP) is 1.62. The van der Waals surface area contributed by atoms with Gasteiger partial charge in [0.15, 0.2) is 6.61 Å². The van der Waals surface area contributed by atoms with Gasteiger partial charge < -0.3 is 14.8 Å². The van der Waals surface area contributed by atoms with E-state index < -0.39 is 16.0 Å². The summed E-state index contributed by atoms with van der Waals surface area (Å²) in [5.74, 6) is -1.03. The Balaban J connectivity index is 1.42. The summed E-state index contributed by atoms with van der Waals surface area (Å²) in [4.78, 5) is 23.8. The van der Waals surface area contributed by atoms with Gasteiger partial charge in [0.05, 0.1) is 18.1 Å². The summed E-state index contributed by atoms with van der Waals surface area (Å²) in [6.45, 7) is 1.51. The molecule has 2 aromatic rings. The lowest BCUT2D eigenvalue weighted by molar-refractivity contribution is -0.143. The van der Waals surface area contributed by atoms with Crippen molar-refractivity contribution >= 4 is 28.0 Å². The van der Waals surface area contributed by atoms with Crippen molar-refractivity contribution in [1.82, 2.24) is 9.62 Å². The Morgan fingerprint density at radius 3 is 2.41 bits per heavy atom. The number of ether oxygens (including phenoxy) is 2. The molecule has 8 nitrogen and oxygen atoms in total. The molecule has 9 heteroatoms. The van der Waals surface area contributed by atoms with Crippen LogP contribution >= 0.6 is 0 Å². The summed E-state index contributed by atoms with van der Waals surface area (Å²) in [5, 5.41) is 2.70. The molecule has 1 heterocycles. The summed E-state index contributed by atoms with van der Waals surface area (Å²) in [6, 6.07) is 15.9. The van der Waals surface area contributed by atoms with Crippen molar-refractivity contribution in [3.63, 3.8) is 0 Å². The van der Waals surface area contributed by atoms with Gasteiger partial charge in [-0.25, -0.2) is 13.2 Å². The van der Waals surface area contributed by atoms with Gasteiger partial charge in [0.1, 0.15) is 0 Å². The molecule has 1 N–H and O–H groups in total. The van der Waals surface area contributed by atoms with Gasteiger partial charge in [-0.15, -0.1) is 0 Å². The Morgan fingerprint density at radius 1 is 1.03 bits per heavy atom. The van der Waals surface area contributed by atoms with Gasteiger partial charge in [-0.3, -0.25) is 4.79 Å². The average molecular weight is 459 g/mol. The Kier molecular flexibility index (Phi) is 8.55. The zero-order valence-electron chi connectivity index (χ0n) is 17.6. The number of amides is 1. The fraction of sp³-hybridized carbons (Fsp3) is 0.304. The summed E-state index contributed by atoms with van der Waals surface area (Å²) in [5.41, 5.74) is 1.74. The van der Waals surface area contributed by atoms with Crippen LogP contribution in [0.15, 0.2) is 65.6 Å². The number of rotatable bonds is 9. The Bertz CT molecular complexity index is 1030. The minimum absolute atomic E-state index is 0.186. The lowest BCUT2D eigenvalue weighted by Gasteiger charge is -2.26. The van der Waals surface area contributed by atoms with E-state index in [-0.39, 0.29) is 17.4 Å². The van der Waals surface area contributed by atoms with Crippen molar-refractivity contribution in [3.8, 4) is 0 Å². The topological polar surface area (TPSA) is 102 Å². The Labute approximate surface area is 187 Å². The van der Waals surface area contributed by atoms with E-state index in [9.17, 15) is 18.0 Å². The number of nitrogens with one attached hydrogen (secondary N) is 1. The number of carbonyl (C=O) groups excluding carboxylic acids is 2. The van der Waals surface area contributed by atoms with Crippen molar-refractivity contribution in [1.29, 1.82) is 0 Å². The summed E-state index contributed by atoms with van der Waals surface area (Å²) in [6.07, 6.45) is 3.39. The number of esters is 1. The Hall–Kier alpha value is -3.01. The minimum atomic E-state index is -3.56. The van der Waals surface area contributed by atoms with Crippen molar-refractivity contribution in [2.24, 2.45) is 0 Å². The van der Waals surface area contributed by atoms with E-state index in [0.29, 0.717) is 44.8 Å². The molecule has 3 rings (SSSR count). The third-order valence-corrected chi connectivity index (χ3v) is 6.74. The standard InChI is InChI=1S/C23H26N2O6S/c26-22(24-13-12-19-4-2-1-3-5-19)18-31-23(27)11-8-20-6-9-21(10-7-20)32(28,29)25-14-16-30-17-15-25/h1-11H,12-18H2,(H,24,26)/b11-8+. The number of morpholine rings is 1. The van der Waals surface area contributed by atoms with Crippen LogP contribution in [0.25, 0.3) is 6.08 Å². The lowest BCUT2D eigenvalue weighted by atomic mass is 10.1. The average Bonchev–Trinajstić information content (AvgIpc) is 2.83. The molecule has 1 aliphatic heterocycles. The second-order valence-electron chi connectivity index (χ2n) is 7.11. The summed E-state index contributed by atoms with van der Waals surface area (Å²) in [7, 11) is -3.56. The van der Waals surface area contributed by atoms with E-state index in [1.54, 1.807) is 12.1 Å². The molecule has 32 heavy (non-hydrogen) atoms. The highest BCUT2D eigenvalue weighted by Gasteiger charge is 2.25. The molecule has 0 bridgehead atoms. The monoisotopic (exact) mass is 458 g/mol. The van der Waals surface area contributed by atoms with Crippen molar-refractivity contribution in [2.45, 2.75) is 11.3 Å². The van der Waals surface area contributed by atoms with Gasteiger partial charge in [-0.05, 0) is 35.8 Å². The molecule has 0 spiro atoms. The molecule has 1 amide bonds. The van der Waals surface area contributed by atoms with Crippen LogP contribution in [0.4, 0.5) is 0 Å². The molecule has 0 saturated carbocycles. The van der Waals surface area contributed by atoms with Gasteiger partial charge in [0, 0.05) is 25.7 Å². The molecule has 170 valence electrons. The van der Waals surface area contributed by atoms with Gasteiger partial charge in [-0.2, -0.15) is 4.31 Å². The number of benzene rings is 2. The predicted molar refractivity (Wildman–Crippen MR) is 119 cm³/mol. The van der Waals surface area contributed by atoms with Crippen molar-refractivity contribution in [2.75, 3.05) is 39.5 Å². The molecule has 1 saturated heterocycles. The first kappa shape index (κ1) is 23.6. The van der Waals surface area contributed by atoms with E-state index in [4.69, 9.17) is 9.47 Å². The molecule has 1 aliphatic rings. The first-order valence-corrected chi connectivity index (χ1v) is 11.7. The fourth-order valence-corrected chi connectivity index (χ4v) is 4.49. The molecular weight excluding hydrogens is 432 g/mol. The molecular formula is C23H26N2O6S. The summed E-state index contributed by atoms with van der Waals surface area (Å²) >= 11 is 0. The second kappa shape index (κ2) is 11.6. The van der Waals surface area contributed by atoms with Crippen LogP contribution in [-0.4, -0.2) is 64.1 Å². The number of carbonyl (C=O) groups is 2. The van der Waals surface area contributed by atoms with Crippen molar-refractivity contribution in [3.05, 3.63) is 71.8 Å². The zero-order chi connectivity index (χ0) is 22.8. The lowest BCUT2D eigenvalue weighted by Crippen LogP contribution is -2.40. The maximum Gasteiger partial charge on any atom is 0.331 e. The minimum Gasteiger partial charge on any atom is -0.452 e. The SMILES string of the molecule is O=C(COC(=O)/C=C/c1ccc(S(=O)(=O)N2CCOCC2)cc1)NCCc1ccccc1. The van der Waals surface area contributed by atoms with Crippen molar-refractivity contribution < 1.29 is 27.5 Å². The third kappa shape index (κ3) is 7.01. The van der Waals surface area contributed by atoms with E-state index in [1.807, 2.05) is 30.3 Å². The first-order valence-electron chi connectivity index (χ1n) is 10.3.